The minimum Gasteiger partial charge on any atom is -0.507 e. The highest BCUT2D eigenvalue weighted by Crippen LogP contribution is 2.41. The van der Waals surface area contributed by atoms with E-state index in [1.54, 1.807) is 18.2 Å². The molecule has 132 valence electrons. The van der Waals surface area contributed by atoms with Crippen LogP contribution in [0.2, 0.25) is 0 Å². The molecule has 1 atom stereocenters. The van der Waals surface area contributed by atoms with Crippen molar-refractivity contribution < 1.29 is 9.84 Å². The van der Waals surface area contributed by atoms with Gasteiger partial charge in [-0.15, -0.1) is 10.2 Å². The molecule has 0 saturated heterocycles. The minimum absolute atomic E-state index is 0.167. The lowest BCUT2D eigenvalue weighted by Crippen LogP contribution is -2.17. The second-order valence-electron chi connectivity index (χ2n) is 5.50. The van der Waals surface area contributed by atoms with Crippen molar-refractivity contribution in [2.24, 2.45) is 0 Å². The van der Waals surface area contributed by atoms with Crippen LogP contribution in [-0.2, 0) is 0 Å². The molecule has 2 heterocycles. The number of fused-ring (bicyclic) bond motifs is 3. The van der Waals surface area contributed by atoms with Crippen molar-refractivity contribution >= 4 is 49.3 Å². The fourth-order valence-corrected chi connectivity index (χ4v) is 3.65. The largest absolute Gasteiger partial charge is 0.507 e. The van der Waals surface area contributed by atoms with Crippen LogP contribution < -0.4 is 10.1 Å². The van der Waals surface area contributed by atoms with Crippen molar-refractivity contribution in [2.75, 3.05) is 11.6 Å². The lowest BCUT2D eigenvalue weighted by molar-refractivity contribution is 0.225. The molecule has 1 aliphatic heterocycles. The molecular weight excluding hydrogens is 484 g/mol. The van der Waals surface area contributed by atoms with Gasteiger partial charge in [0.15, 0.2) is 11.9 Å². The van der Waals surface area contributed by atoms with Gasteiger partial charge in [0.25, 0.3) is 0 Å². The van der Waals surface area contributed by atoms with Gasteiger partial charge < -0.3 is 15.2 Å². The predicted molar refractivity (Wildman–Crippen MR) is 108 cm³/mol. The second-order valence-corrected chi connectivity index (χ2v) is 8.04. The van der Waals surface area contributed by atoms with Gasteiger partial charge in [-0.3, -0.25) is 0 Å². The number of hydrogen-bond acceptors (Lipinski definition) is 7. The summed E-state index contributed by atoms with van der Waals surface area (Å²) in [6, 6.07) is 11.1. The third kappa shape index (κ3) is 3.26. The zero-order valence-electron chi connectivity index (χ0n) is 13.4. The Morgan fingerprint density at radius 2 is 2.00 bits per heavy atom. The highest BCUT2D eigenvalue weighted by molar-refractivity contribution is 9.10. The molecule has 26 heavy (non-hydrogen) atoms. The van der Waals surface area contributed by atoms with Crippen molar-refractivity contribution in [1.29, 1.82) is 0 Å². The summed E-state index contributed by atoms with van der Waals surface area (Å²) in [6.45, 7) is 0. The number of phenolic OH excluding ortho intramolecular Hbond substituents is 1. The molecule has 0 bridgehead atoms. The standard InChI is InChI=1S/C17H12Br2N4O2S/c1-26-17-21-16-14(22-23-17)10-7-9(18)3-4-12(10)20-15(25-16)8-2-5-13(24)11(19)6-8/h2-7,15,20,24H,1H3. The van der Waals surface area contributed by atoms with E-state index in [1.807, 2.05) is 24.5 Å². The lowest BCUT2D eigenvalue weighted by atomic mass is 10.1. The Labute approximate surface area is 170 Å². The number of benzene rings is 2. The van der Waals surface area contributed by atoms with Crippen LogP contribution in [-0.4, -0.2) is 26.5 Å². The summed E-state index contributed by atoms with van der Waals surface area (Å²) < 4.78 is 7.66. The number of rotatable bonds is 2. The average Bonchev–Trinajstić information content (AvgIpc) is 2.80. The van der Waals surface area contributed by atoms with E-state index >= 15 is 0 Å². The number of thioether (sulfide) groups is 1. The molecule has 0 saturated carbocycles. The van der Waals surface area contributed by atoms with Crippen LogP contribution in [0.25, 0.3) is 11.3 Å². The molecule has 0 aliphatic carbocycles. The average molecular weight is 496 g/mol. The summed E-state index contributed by atoms with van der Waals surface area (Å²) in [4.78, 5) is 4.49. The number of aromatic nitrogens is 3. The Morgan fingerprint density at radius 1 is 1.15 bits per heavy atom. The smallest absolute Gasteiger partial charge is 0.247 e. The highest BCUT2D eigenvalue weighted by Gasteiger charge is 2.26. The monoisotopic (exact) mass is 494 g/mol. The molecule has 0 radical (unpaired) electrons. The number of phenols is 1. The zero-order chi connectivity index (χ0) is 18.3. The molecule has 3 aromatic rings. The Kier molecular flexibility index (Phi) is 4.76. The third-order valence-electron chi connectivity index (χ3n) is 3.85. The molecule has 0 amide bonds. The van der Waals surface area contributed by atoms with Crippen molar-refractivity contribution in [3.63, 3.8) is 0 Å². The van der Waals surface area contributed by atoms with Gasteiger partial charge in [-0.1, -0.05) is 27.7 Å². The molecule has 0 fully saturated rings. The van der Waals surface area contributed by atoms with Gasteiger partial charge in [-0.05, 0) is 58.6 Å². The molecule has 9 heteroatoms. The first-order valence-electron chi connectivity index (χ1n) is 7.55. The molecular formula is C17H12Br2N4O2S. The van der Waals surface area contributed by atoms with Crippen molar-refractivity contribution in [3.05, 3.63) is 50.9 Å². The van der Waals surface area contributed by atoms with Gasteiger partial charge >= 0.3 is 0 Å². The molecule has 1 aliphatic rings. The first-order chi connectivity index (χ1) is 12.5. The van der Waals surface area contributed by atoms with Gasteiger partial charge in [0.2, 0.25) is 11.0 Å². The van der Waals surface area contributed by atoms with Crippen LogP contribution in [0, 0.1) is 0 Å². The summed E-state index contributed by atoms with van der Waals surface area (Å²) in [5.41, 5.74) is 3.11. The van der Waals surface area contributed by atoms with Crippen LogP contribution in [0.15, 0.2) is 50.5 Å². The number of nitrogens with zero attached hydrogens (tertiary/aromatic N) is 3. The summed E-state index contributed by atoms with van der Waals surface area (Å²) in [6.07, 6.45) is 1.39. The number of anilines is 1. The Balaban J connectivity index is 1.87. The van der Waals surface area contributed by atoms with Crippen LogP contribution in [0.5, 0.6) is 11.6 Å². The maximum atomic E-state index is 9.77. The van der Waals surface area contributed by atoms with E-state index < -0.39 is 6.23 Å². The molecule has 6 nitrogen and oxygen atoms in total. The van der Waals surface area contributed by atoms with E-state index in [1.165, 1.54) is 11.8 Å². The Bertz CT molecular complexity index is 1000. The number of ether oxygens (including phenoxy) is 1. The van der Waals surface area contributed by atoms with Crippen LogP contribution in [0.3, 0.4) is 0 Å². The van der Waals surface area contributed by atoms with Gasteiger partial charge in [0, 0.05) is 21.3 Å². The van der Waals surface area contributed by atoms with Gasteiger partial charge in [-0.25, -0.2) is 0 Å². The predicted octanol–water partition coefficient (Wildman–Crippen LogP) is 4.99. The van der Waals surface area contributed by atoms with Crippen LogP contribution >= 0.6 is 43.6 Å². The van der Waals surface area contributed by atoms with E-state index in [4.69, 9.17) is 4.74 Å². The first kappa shape index (κ1) is 17.6. The third-order valence-corrected chi connectivity index (χ3v) is 5.51. The highest BCUT2D eigenvalue weighted by atomic mass is 79.9. The Hall–Kier alpha value is -1.84. The van der Waals surface area contributed by atoms with E-state index in [-0.39, 0.29) is 5.75 Å². The van der Waals surface area contributed by atoms with Gasteiger partial charge in [0.05, 0.1) is 4.47 Å². The molecule has 2 N–H and O–H groups in total. The molecule has 4 rings (SSSR count). The van der Waals surface area contributed by atoms with E-state index in [2.05, 4.69) is 52.4 Å². The SMILES string of the molecule is CSc1nnc2c(n1)OC(c1ccc(O)c(Br)c1)Nc1ccc(Br)cc1-2. The summed E-state index contributed by atoms with van der Waals surface area (Å²) >= 11 is 8.24. The lowest BCUT2D eigenvalue weighted by Gasteiger charge is -2.19. The van der Waals surface area contributed by atoms with Crippen molar-refractivity contribution in [1.82, 2.24) is 15.2 Å². The van der Waals surface area contributed by atoms with Crippen LogP contribution in [0.4, 0.5) is 5.69 Å². The van der Waals surface area contributed by atoms with Crippen LogP contribution in [0.1, 0.15) is 11.8 Å². The molecule has 0 spiro atoms. The minimum atomic E-state index is -0.500. The number of nitrogens with one attached hydrogen (secondary N) is 1. The quantitative estimate of drug-likeness (QED) is 0.484. The number of hydrogen-bond donors (Lipinski definition) is 2. The zero-order valence-corrected chi connectivity index (χ0v) is 17.4. The van der Waals surface area contributed by atoms with Gasteiger partial charge in [0.1, 0.15) is 5.75 Å². The molecule has 2 aromatic carbocycles. The molecule has 1 unspecified atom stereocenters. The Morgan fingerprint density at radius 3 is 2.77 bits per heavy atom. The van der Waals surface area contributed by atoms with Crippen molar-refractivity contribution in [2.45, 2.75) is 11.4 Å². The topological polar surface area (TPSA) is 80.2 Å². The maximum absolute atomic E-state index is 9.77. The fourth-order valence-electron chi connectivity index (χ4n) is 2.59. The van der Waals surface area contributed by atoms with E-state index in [0.717, 1.165) is 21.3 Å². The van der Waals surface area contributed by atoms with E-state index in [9.17, 15) is 5.11 Å². The number of halogens is 2. The second kappa shape index (κ2) is 7.05. The summed E-state index contributed by atoms with van der Waals surface area (Å²) in [5.74, 6) is 0.573. The summed E-state index contributed by atoms with van der Waals surface area (Å²) in [5, 5.41) is 22.1. The molecule has 1 aromatic heterocycles. The van der Waals surface area contributed by atoms with Crippen molar-refractivity contribution in [3.8, 4) is 22.9 Å². The maximum Gasteiger partial charge on any atom is 0.247 e. The van der Waals surface area contributed by atoms with E-state index in [0.29, 0.717) is 21.2 Å². The first-order valence-corrected chi connectivity index (χ1v) is 10.4. The normalized spacial score (nSPS) is 15.3. The van der Waals surface area contributed by atoms with Gasteiger partial charge in [-0.2, -0.15) is 4.98 Å². The fraction of sp³-hybridized carbons (Fsp3) is 0.118. The summed E-state index contributed by atoms with van der Waals surface area (Å²) in [7, 11) is 0. The number of aromatic hydroxyl groups is 1.